The number of carbonyl (C=O) groups excluding carboxylic acids is 3. The summed E-state index contributed by atoms with van der Waals surface area (Å²) in [5, 5.41) is 30.6. The first-order valence-electron chi connectivity index (χ1n) is 23.8. The molecule has 1 aliphatic rings. The lowest BCUT2D eigenvalue weighted by Gasteiger charge is -2.20. The van der Waals surface area contributed by atoms with Crippen LogP contribution in [-0.2, 0) is 46.6 Å². The number of carbonyl (C=O) groups is 3. The molecule has 0 heterocycles. The van der Waals surface area contributed by atoms with Gasteiger partial charge in [0.2, 0.25) is 0 Å². The van der Waals surface area contributed by atoms with Crippen molar-refractivity contribution in [2.45, 2.75) is 199 Å². The first kappa shape index (κ1) is 59.9. The Bertz CT molecular complexity index is 1430. The van der Waals surface area contributed by atoms with Crippen molar-refractivity contribution in [2.75, 3.05) is 26.4 Å². The fourth-order valence-electron chi connectivity index (χ4n) is 7.22. The van der Waals surface area contributed by atoms with Crippen LogP contribution in [0.4, 0.5) is 0 Å². The Balaban J connectivity index is 2.51. The molecule has 372 valence electrons. The molecule has 1 unspecified atom stereocenters. The summed E-state index contributed by atoms with van der Waals surface area (Å²) >= 11 is 0. The molecule has 0 aromatic carbocycles. The first-order chi connectivity index (χ1) is 30.6. The van der Waals surface area contributed by atoms with E-state index in [9.17, 15) is 43.7 Å². The summed E-state index contributed by atoms with van der Waals surface area (Å²) in [7, 11) is -9.77. The van der Waals surface area contributed by atoms with E-state index in [4.69, 9.17) is 23.8 Å². The molecule has 18 heteroatoms. The standard InChI is InChI=1S/C46H82O16P2/c1-3-5-7-8-9-10-11-12-13-14-15-16-17-18-19-20-26-30-46(52)62-40(37-61-64(56,57)60-35-39(48)34-59-63(53,54)55)36-58-45(51)29-25-22-21-24-28-41-42(44(50)33-43(41)49)32-31-38(47)27-23-6-4-2/h9-10,12-13,31-32,38-43,47-49H,3-8,11,14-30,33-37H2,1-2H3,(H,56,57)(H2,53,54,55)/b10-9-,13-12-,32-31+/t38-,39-,40+,41+,42+,43-/m0/s1. The lowest BCUT2D eigenvalue weighted by molar-refractivity contribution is -0.161. The highest BCUT2D eigenvalue weighted by atomic mass is 31.2. The molecule has 0 aromatic heterocycles. The lowest BCUT2D eigenvalue weighted by Crippen LogP contribution is -2.30. The lowest BCUT2D eigenvalue weighted by atomic mass is 9.88. The number of ketones is 1. The van der Waals surface area contributed by atoms with Gasteiger partial charge in [-0.2, -0.15) is 0 Å². The predicted octanol–water partition coefficient (Wildman–Crippen LogP) is 9.04. The Morgan fingerprint density at radius 3 is 1.88 bits per heavy atom. The van der Waals surface area contributed by atoms with Gasteiger partial charge in [0.15, 0.2) is 6.10 Å². The highest BCUT2D eigenvalue weighted by Gasteiger charge is 2.39. The average molecular weight is 953 g/mol. The van der Waals surface area contributed by atoms with Crippen molar-refractivity contribution in [1.29, 1.82) is 0 Å². The summed E-state index contributed by atoms with van der Waals surface area (Å²) in [6, 6.07) is 0. The zero-order valence-electron chi connectivity index (χ0n) is 38.6. The predicted molar refractivity (Wildman–Crippen MR) is 245 cm³/mol. The monoisotopic (exact) mass is 953 g/mol. The van der Waals surface area contributed by atoms with Crippen molar-refractivity contribution in [3.05, 3.63) is 36.5 Å². The minimum Gasteiger partial charge on any atom is -0.462 e. The normalized spacial score (nSPS) is 19.4. The van der Waals surface area contributed by atoms with Gasteiger partial charge in [-0.3, -0.25) is 28.0 Å². The Morgan fingerprint density at radius 1 is 0.688 bits per heavy atom. The molecule has 0 amide bonds. The second-order valence-corrected chi connectivity index (χ2v) is 19.5. The van der Waals surface area contributed by atoms with Crippen LogP contribution in [0.5, 0.6) is 0 Å². The molecule has 1 aliphatic carbocycles. The fourth-order valence-corrected chi connectivity index (χ4v) is 8.38. The summed E-state index contributed by atoms with van der Waals surface area (Å²) in [5.41, 5.74) is 0. The summed E-state index contributed by atoms with van der Waals surface area (Å²) in [5.74, 6) is -1.88. The molecule has 16 nitrogen and oxygen atoms in total. The maximum absolute atomic E-state index is 12.7. The molecule has 1 saturated carbocycles. The smallest absolute Gasteiger partial charge is 0.462 e. The quantitative estimate of drug-likeness (QED) is 0.0145. The van der Waals surface area contributed by atoms with E-state index in [1.54, 1.807) is 12.2 Å². The maximum Gasteiger partial charge on any atom is 0.472 e. The number of hydrogen-bond acceptors (Lipinski definition) is 13. The second-order valence-electron chi connectivity index (χ2n) is 16.8. The number of phosphoric acid groups is 2. The first-order valence-corrected chi connectivity index (χ1v) is 26.8. The van der Waals surface area contributed by atoms with Gasteiger partial charge in [0.05, 0.1) is 32.0 Å². The molecular formula is C46H82O16P2. The van der Waals surface area contributed by atoms with E-state index in [-0.39, 0.29) is 31.0 Å². The van der Waals surface area contributed by atoms with Gasteiger partial charge >= 0.3 is 27.6 Å². The van der Waals surface area contributed by atoms with E-state index in [2.05, 4.69) is 47.2 Å². The molecule has 6 N–H and O–H groups in total. The summed E-state index contributed by atoms with van der Waals surface area (Å²) in [6.07, 6.45) is 28.9. The number of allylic oxidation sites excluding steroid dienone is 5. The number of phosphoric ester groups is 2. The highest BCUT2D eigenvalue weighted by molar-refractivity contribution is 7.47. The van der Waals surface area contributed by atoms with Crippen molar-refractivity contribution >= 4 is 33.4 Å². The number of rotatable bonds is 41. The van der Waals surface area contributed by atoms with Crippen molar-refractivity contribution in [1.82, 2.24) is 0 Å². The Kier molecular flexibility index (Phi) is 34.6. The second kappa shape index (κ2) is 37.0. The van der Waals surface area contributed by atoms with E-state index in [1.165, 1.54) is 19.3 Å². The molecule has 64 heavy (non-hydrogen) atoms. The third-order valence-electron chi connectivity index (χ3n) is 10.9. The number of aliphatic hydroxyl groups excluding tert-OH is 3. The highest BCUT2D eigenvalue weighted by Crippen LogP contribution is 2.44. The van der Waals surface area contributed by atoms with Crippen molar-refractivity contribution in [3.63, 3.8) is 0 Å². The van der Waals surface area contributed by atoms with Crippen molar-refractivity contribution in [3.8, 4) is 0 Å². The van der Waals surface area contributed by atoms with E-state index < -0.39 is 84.3 Å². The topological polar surface area (TPSA) is 253 Å². The molecular weight excluding hydrogens is 870 g/mol. The number of aliphatic hydroxyl groups is 3. The summed E-state index contributed by atoms with van der Waals surface area (Å²) in [6.45, 7) is 1.37. The fraction of sp³-hybridized carbons (Fsp3) is 0.804. The Morgan fingerprint density at radius 2 is 1.23 bits per heavy atom. The number of ether oxygens (including phenoxy) is 2. The number of hydrogen-bond donors (Lipinski definition) is 6. The van der Waals surface area contributed by atoms with Gasteiger partial charge in [0.1, 0.15) is 18.5 Å². The molecule has 0 radical (unpaired) electrons. The molecule has 0 aromatic rings. The van der Waals surface area contributed by atoms with Crippen LogP contribution in [0.3, 0.4) is 0 Å². The summed E-state index contributed by atoms with van der Waals surface area (Å²) < 4.78 is 47.9. The van der Waals surface area contributed by atoms with Crippen LogP contribution in [-0.4, -0.2) is 98.6 Å². The van der Waals surface area contributed by atoms with Crippen LogP contribution in [0.25, 0.3) is 0 Å². The molecule has 0 bridgehead atoms. The van der Waals surface area contributed by atoms with Gasteiger partial charge in [-0.15, -0.1) is 0 Å². The number of esters is 2. The van der Waals surface area contributed by atoms with Crippen LogP contribution >= 0.6 is 15.6 Å². The minimum atomic E-state index is -4.90. The minimum absolute atomic E-state index is 0.0293. The van der Waals surface area contributed by atoms with E-state index in [0.29, 0.717) is 32.1 Å². The SMILES string of the molecule is CCCCC/C=C\C/C=C\CCCCCCCCCC(=O)O[C@H](COC(=O)CCCCCC[C@H]1[C@@H](O)CC(=O)[C@@H]1/C=C/[C@@H](O)CCCCC)COP(=O)(O)OC[C@@H](O)COP(=O)(O)O. The summed E-state index contributed by atoms with van der Waals surface area (Å²) in [4.78, 5) is 65.6. The Hall–Kier alpha value is -2.07. The zero-order valence-corrected chi connectivity index (χ0v) is 40.4. The van der Waals surface area contributed by atoms with Crippen molar-refractivity contribution in [2.24, 2.45) is 11.8 Å². The van der Waals surface area contributed by atoms with Gasteiger partial charge in [0, 0.05) is 25.2 Å². The molecule has 1 rings (SSSR count). The third kappa shape index (κ3) is 33.4. The third-order valence-corrected chi connectivity index (χ3v) is 12.3. The molecule has 7 atom stereocenters. The van der Waals surface area contributed by atoms with Gasteiger partial charge in [-0.1, -0.05) is 134 Å². The van der Waals surface area contributed by atoms with Crippen LogP contribution in [0.1, 0.15) is 174 Å². The maximum atomic E-state index is 12.7. The van der Waals surface area contributed by atoms with Crippen LogP contribution in [0.15, 0.2) is 36.5 Å². The van der Waals surface area contributed by atoms with Gasteiger partial charge in [-0.25, -0.2) is 9.13 Å². The average Bonchev–Trinajstić information content (AvgIpc) is 3.51. The molecule has 1 fully saturated rings. The molecule has 0 spiro atoms. The Labute approximate surface area is 382 Å². The molecule has 0 saturated heterocycles. The largest absolute Gasteiger partial charge is 0.472 e. The van der Waals surface area contributed by atoms with Gasteiger partial charge in [-0.05, 0) is 63.7 Å². The van der Waals surface area contributed by atoms with Gasteiger partial charge < -0.3 is 39.5 Å². The van der Waals surface area contributed by atoms with E-state index in [1.807, 2.05) is 0 Å². The van der Waals surface area contributed by atoms with E-state index in [0.717, 1.165) is 89.9 Å². The van der Waals surface area contributed by atoms with E-state index >= 15 is 0 Å². The number of unbranched alkanes of at least 4 members (excludes halogenated alkanes) is 15. The van der Waals surface area contributed by atoms with Gasteiger partial charge in [0.25, 0.3) is 0 Å². The molecule has 0 aliphatic heterocycles. The van der Waals surface area contributed by atoms with Crippen LogP contribution in [0.2, 0.25) is 0 Å². The van der Waals surface area contributed by atoms with Crippen molar-refractivity contribution < 1.29 is 76.6 Å². The van der Waals surface area contributed by atoms with Crippen LogP contribution < -0.4 is 0 Å². The van der Waals surface area contributed by atoms with Crippen LogP contribution in [0, 0.1) is 11.8 Å². The zero-order chi connectivity index (χ0) is 47.5. The number of Topliss-reactive ketones (excluding diaryl/α,β-unsaturated/α-hetero) is 1.